The second-order valence-electron chi connectivity index (χ2n) is 9.64. The molecule has 1 aromatic carbocycles. The van der Waals surface area contributed by atoms with Gasteiger partial charge in [-0.2, -0.15) is 0 Å². The maximum absolute atomic E-state index is 13.0. The third kappa shape index (κ3) is 4.76. The topological polar surface area (TPSA) is 71.0 Å². The van der Waals surface area contributed by atoms with Crippen molar-refractivity contribution < 1.29 is 14.3 Å². The van der Waals surface area contributed by atoms with Crippen molar-refractivity contribution in [1.82, 2.24) is 19.8 Å². The van der Waals surface area contributed by atoms with Crippen molar-refractivity contribution in [3.63, 3.8) is 0 Å². The molecule has 2 fully saturated rings. The van der Waals surface area contributed by atoms with Gasteiger partial charge in [0, 0.05) is 68.5 Å². The fraction of sp³-hybridized carbons (Fsp3) is 0.500. The monoisotopic (exact) mass is 539 g/mol. The van der Waals surface area contributed by atoms with E-state index < -0.39 is 0 Å². The van der Waals surface area contributed by atoms with Gasteiger partial charge in [0.25, 0.3) is 0 Å². The Labute approximate surface area is 214 Å². The Hall–Kier alpha value is -2.65. The van der Waals surface area contributed by atoms with Gasteiger partial charge in [-0.05, 0) is 48.6 Å². The highest BCUT2D eigenvalue weighted by atomic mass is 79.9. The molecule has 0 spiro atoms. The van der Waals surface area contributed by atoms with Crippen molar-refractivity contribution in [3.05, 3.63) is 45.7 Å². The van der Waals surface area contributed by atoms with E-state index in [2.05, 4.69) is 25.7 Å². The molecule has 0 bridgehead atoms. The molecule has 184 valence electrons. The summed E-state index contributed by atoms with van der Waals surface area (Å²) in [5, 5.41) is 0. The van der Waals surface area contributed by atoms with Gasteiger partial charge in [-0.25, -0.2) is 9.97 Å². The summed E-state index contributed by atoms with van der Waals surface area (Å²) >= 11 is 3.55. The second-order valence-corrected chi connectivity index (χ2v) is 10.5. The van der Waals surface area contributed by atoms with Crippen LogP contribution in [0.2, 0.25) is 0 Å². The van der Waals surface area contributed by atoms with E-state index in [4.69, 9.17) is 19.4 Å². The highest BCUT2D eigenvalue weighted by Crippen LogP contribution is 2.37. The van der Waals surface area contributed by atoms with E-state index in [1.165, 1.54) is 19.3 Å². The van der Waals surface area contributed by atoms with E-state index in [0.717, 1.165) is 72.3 Å². The maximum Gasteiger partial charge on any atom is 0.246 e. The van der Waals surface area contributed by atoms with E-state index in [9.17, 15) is 4.79 Å². The van der Waals surface area contributed by atoms with E-state index in [1.807, 2.05) is 29.3 Å². The third-order valence-corrected chi connectivity index (χ3v) is 8.30. The summed E-state index contributed by atoms with van der Waals surface area (Å²) < 4.78 is 11.7. The summed E-state index contributed by atoms with van der Waals surface area (Å²) in [5.41, 5.74) is 3.11. The number of carbonyl (C=O) groups is 1. The van der Waals surface area contributed by atoms with Crippen LogP contribution in [0.4, 0.5) is 5.95 Å². The largest absolute Gasteiger partial charge is 0.454 e. The number of anilines is 1. The zero-order valence-electron chi connectivity index (χ0n) is 19.8. The Balaban J connectivity index is 1.08. The number of carbonyl (C=O) groups excluding carboxylic acids is 1. The molecular formula is C26H30BrN5O3. The fourth-order valence-corrected chi connectivity index (χ4v) is 5.66. The molecule has 0 atom stereocenters. The van der Waals surface area contributed by atoms with E-state index in [-0.39, 0.29) is 12.7 Å². The lowest BCUT2D eigenvalue weighted by molar-refractivity contribution is -0.125. The van der Waals surface area contributed by atoms with Gasteiger partial charge >= 0.3 is 0 Å². The lowest BCUT2D eigenvalue weighted by Gasteiger charge is -2.43. The Morgan fingerprint density at radius 3 is 2.57 bits per heavy atom. The molecule has 4 heterocycles. The predicted octanol–water partition coefficient (Wildman–Crippen LogP) is 3.28. The Kier molecular flexibility index (Phi) is 6.37. The number of nitrogens with zero attached hydrogens (tertiary/aromatic N) is 5. The van der Waals surface area contributed by atoms with Crippen LogP contribution in [-0.2, 0) is 17.6 Å². The molecule has 6 rings (SSSR count). The number of ether oxygens (including phenoxy) is 2. The Bertz CT molecular complexity index is 1140. The molecule has 4 aliphatic rings. The molecule has 1 aliphatic carbocycles. The van der Waals surface area contributed by atoms with Gasteiger partial charge < -0.3 is 19.3 Å². The van der Waals surface area contributed by atoms with Crippen LogP contribution in [0.1, 0.15) is 36.1 Å². The summed E-state index contributed by atoms with van der Waals surface area (Å²) in [6.07, 6.45) is 11.1. The first kappa shape index (κ1) is 22.8. The van der Waals surface area contributed by atoms with Crippen molar-refractivity contribution in [1.29, 1.82) is 0 Å². The lowest BCUT2D eigenvalue weighted by Crippen LogP contribution is -2.52. The van der Waals surface area contributed by atoms with E-state index in [1.54, 1.807) is 6.08 Å². The predicted molar refractivity (Wildman–Crippen MR) is 137 cm³/mol. The molecule has 9 heteroatoms. The standard InChI is InChI=1S/C26H30BrN5O3/c27-21-15-24-23(34-17-35-24)14-18(21)4-5-25(33)31-8-6-19-16-28-26(29-22(19)7-9-31)32-12-10-30(11-13-32)20-2-1-3-20/h4-5,14-16,20H,1-3,6-13,17H2/b5-4+. The van der Waals surface area contributed by atoms with Crippen LogP contribution >= 0.6 is 15.9 Å². The smallest absolute Gasteiger partial charge is 0.246 e. The quantitative estimate of drug-likeness (QED) is 0.552. The van der Waals surface area contributed by atoms with Crippen molar-refractivity contribution in [3.8, 4) is 11.5 Å². The normalized spacial score (nSPS) is 20.6. The van der Waals surface area contributed by atoms with Crippen LogP contribution < -0.4 is 14.4 Å². The highest BCUT2D eigenvalue weighted by molar-refractivity contribution is 9.10. The number of hydrogen-bond donors (Lipinski definition) is 0. The summed E-state index contributed by atoms with van der Waals surface area (Å²) in [7, 11) is 0. The molecule has 0 unspecified atom stereocenters. The number of fused-ring (bicyclic) bond motifs is 2. The van der Waals surface area contributed by atoms with Crippen LogP contribution in [0.5, 0.6) is 11.5 Å². The molecular weight excluding hydrogens is 510 g/mol. The molecule has 8 nitrogen and oxygen atoms in total. The number of amides is 1. The van der Waals surface area contributed by atoms with Crippen LogP contribution in [0.25, 0.3) is 6.08 Å². The number of benzene rings is 1. The summed E-state index contributed by atoms with van der Waals surface area (Å²) in [4.78, 5) is 29.4. The molecule has 1 saturated heterocycles. The molecule has 2 aromatic rings. The van der Waals surface area contributed by atoms with Crippen molar-refractivity contribution in [2.24, 2.45) is 0 Å². The summed E-state index contributed by atoms with van der Waals surface area (Å²) in [5.74, 6) is 2.25. The molecule has 1 aromatic heterocycles. The fourth-order valence-electron chi connectivity index (χ4n) is 5.20. The number of halogens is 1. The Morgan fingerprint density at radius 2 is 1.80 bits per heavy atom. The summed E-state index contributed by atoms with van der Waals surface area (Å²) in [6.45, 7) is 5.72. The van der Waals surface area contributed by atoms with E-state index in [0.29, 0.717) is 24.6 Å². The highest BCUT2D eigenvalue weighted by Gasteiger charge is 2.29. The minimum Gasteiger partial charge on any atom is -0.454 e. The van der Waals surface area contributed by atoms with Crippen molar-refractivity contribution >= 4 is 33.9 Å². The van der Waals surface area contributed by atoms with Crippen LogP contribution in [0.15, 0.2) is 28.9 Å². The molecule has 1 amide bonds. The second kappa shape index (κ2) is 9.78. The average molecular weight is 540 g/mol. The molecule has 1 saturated carbocycles. The number of hydrogen-bond acceptors (Lipinski definition) is 7. The van der Waals surface area contributed by atoms with Gasteiger partial charge in [-0.15, -0.1) is 0 Å². The summed E-state index contributed by atoms with van der Waals surface area (Å²) in [6, 6.07) is 4.56. The van der Waals surface area contributed by atoms with Gasteiger partial charge in [0.1, 0.15) is 0 Å². The zero-order chi connectivity index (χ0) is 23.8. The molecule has 3 aliphatic heterocycles. The van der Waals surface area contributed by atoms with Gasteiger partial charge in [-0.3, -0.25) is 9.69 Å². The van der Waals surface area contributed by atoms with Gasteiger partial charge in [0.2, 0.25) is 18.6 Å². The first-order valence-corrected chi connectivity index (χ1v) is 13.3. The van der Waals surface area contributed by atoms with Crippen LogP contribution in [0.3, 0.4) is 0 Å². The maximum atomic E-state index is 13.0. The van der Waals surface area contributed by atoms with E-state index >= 15 is 0 Å². The van der Waals surface area contributed by atoms with Gasteiger partial charge in [-0.1, -0.05) is 22.4 Å². The minimum atomic E-state index is 0.00247. The number of piperazine rings is 1. The zero-order valence-corrected chi connectivity index (χ0v) is 21.4. The molecule has 0 N–H and O–H groups in total. The first-order valence-electron chi connectivity index (χ1n) is 12.5. The van der Waals surface area contributed by atoms with Crippen LogP contribution in [-0.4, -0.2) is 77.8 Å². The minimum absolute atomic E-state index is 0.00247. The van der Waals surface area contributed by atoms with Crippen molar-refractivity contribution in [2.75, 3.05) is 51.0 Å². The molecule has 35 heavy (non-hydrogen) atoms. The molecule has 0 radical (unpaired) electrons. The number of aromatic nitrogens is 2. The third-order valence-electron chi connectivity index (χ3n) is 7.61. The van der Waals surface area contributed by atoms with Gasteiger partial charge in [0.15, 0.2) is 11.5 Å². The number of rotatable bonds is 4. The SMILES string of the molecule is O=C(/C=C/c1cc2c(cc1Br)OCO2)N1CCc2cnc(N3CCN(C4CCC4)CC3)nc2CC1. The average Bonchev–Trinajstić information content (AvgIpc) is 3.18. The van der Waals surface area contributed by atoms with Crippen LogP contribution in [0, 0.1) is 0 Å². The van der Waals surface area contributed by atoms with Crippen molar-refractivity contribution in [2.45, 2.75) is 38.1 Å². The first-order chi connectivity index (χ1) is 17.1. The Morgan fingerprint density at radius 1 is 1.03 bits per heavy atom. The van der Waals surface area contributed by atoms with Gasteiger partial charge in [0.05, 0.1) is 5.69 Å². The lowest BCUT2D eigenvalue weighted by atomic mass is 9.91.